The number of anilines is 1. The number of nitrogens with one attached hydrogen (secondary N) is 1. The minimum Gasteiger partial charge on any atom is -0.507 e. The number of rotatable bonds is 3. The van der Waals surface area contributed by atoms with Gasteiger partial charge in [0.1, 0.15) is 5.75 Å². The van der Waals surface area contributed by atoms with Crippen molar-refractivity contribution in [1.82, 2.24) is 0 Å². The van der Waals surface area contributed by atoms with E-state index in [2.05, 4.69) is 43.8 Å². The van der Waals surface area contributed by atoms with Gasteiger partial charge in [0.2, 0.25) is 0 Å². The van der Waals surface area contributed by atoms with Gasteiger partial charge in [-0.25, -0.2) is 0 Å². The molecule has 0 unspecified atom stereocenters. The molecule has 0 atom stereocenters. The maximum absolute atomic E-state index is 12.2. The zero-order valence-corrected chi connectivity index (χ0v) is 13.6. The predicted molar refractivity (Wildman–Crippen MR) is 87.9 cm³/mol. The van der Waals surface area contributed by atoms with Crippen molar-refractivity contribution in [3.8, 4) is 5.75 Å². The average molecular weight is 432 g/mol. The lowest BCUT2D eigenvalue weighted by atomic mass is 10.1. The molecule has 0 bridgehead atoms. The maximum atomic E-state index is 12.2. The fraction of sp³-hybridized carbons (Fsp3) is 0.0714. The SMILES string of the molecule is O=C(Nc1ccccc1CBr)c1cc(I)ccc1O. The molecule has 3 nitrogen and oxygen atoms in total. The van der Waals surface area contributed by atoms with Crippen molar-refractivity contribution in [3.05, 3.63) is 57.2 Å². The summed E-state index contributed by atoms with van der Waals surface area (Å²) in [7, 11) is 0. The number of phenolic OH excluding ortho intramolecular Hbond substituents is 1. The first kappa shape index (κ1) is 14.3. The van der Waals surface area contributed by atoms with E-state index >= 15 is 0 Å². The molecule has 98 valence electrons. The lowest BCUT2D eigenvalue weighted by Crippen LogP contribution is -2.13. The Morgan fingerprint density at radius 2 is 2.00 bits per heavy atom. The fourth-order valence-electron chi connectivity index (χ4n) is 1.64. The van der Waals surface area contributed by atoms with Gasteiger partial charge in [0, 0.05) is 14.6 Å². The number of hydrogen-bond acceptors (Lipinski definition) is 2. The zero-order chi connectivity index (χ0) is 13.8. The first-order chi connectivity index (χ1) is 9.11. The third kappa shape index (κ3) is 3.48. The molecule has 0 radical (unpaired) electrons. The van der Waals surface area contributed by atoms with Crippen molar-refractivity contribution < 1.29 is 9.90 Å². The third-order valence-corrected chi connectivity index (χ3v) is 3.89. The van der Waals surface area contributed by atoms with E-state index in [0.29, 0.717) is 5.33 Å². The number of para-hydroxylation sites is 1. The Morgan fingerprint density at radius 1 is 1.26 bits per heavy atom. The van der Waals surface area contributed by atoms with E-state index in [9.17, 15) is 9.90 Å². The Kier molecular flexibility index (Phi) is 4.81. The van der Waals surface area contributed by atoms with E-state index in [4.69, 9.17) is 0 Å². The van der Waals surface area contributed by atoms with Crippen LogP contribution in [0.15, 0.2) is 42.5 Å². The van der Waals surface area contributed by atoms with E-state index in [1.54, 1.807) is 12.1 Å². The molecule has 0 saturated heterocycles. The van der Waals surface area contributed by atoms with Gasteiger partial charge in [-0.2, -0.15) is 0 Å². The highest BCUT2D eigenvalue weighted by atomic mass is 127. The molecule has 2 aromatic rings. The second kappa shape index (κ2) is 6.38. The number of alkyl halides is 1. The summed E-state index contributed by atoms with van der Waals surface area (Å²) in [5.41, 5.74) is 2.00. The summed E-state index contributed by atoms with van der Waals surface area (Å²) >= 11 is 5.48. The van der Waals surface area contributed by atoms with Gasteiger partial charge in [-0.3, -0.25) is 4.79 Å². The molecule has 2 rings (SSSR count). The van der Waals surface area contributed by atoms with Crippen LogP contribution in [0.4, 0.5) is 5.69 Å². The summed E-state index contributed by atoms with van der Waals surface area (Å²) < 4.78 is 0.898. The van der Waals surface area contributed by atoms with Crippen LogP contribution >= 0.6 is 38.5 Å². The van der Waals surface area contributed by atoms with Gasteiger partial charge in [-0.15, -0.1) is 0 Å². The number of carbonyl (C=O) groups is 1. The maximum Gasteiger partial charge on any atom is 0.259 e. The van der Waals surface area contributed by atoms with Gasteiger partial charge < -0.3 is 10.4 Å². The molecule has 0 aliphatic carbocycles. The average Bonchev–Trinajstić information content (AvgIpc) is 2.42. The van der Waals surface area contributed by atoms with Crippen LogP contribution in [0.5, 0.6) is 5.75 Å². The highest BCUT2D eigenvalue weighted by Gasteiger charge is 2.13. The van der Waals surface area contributed by atoms with Gasteiger partial charge in [-0.1, -0.05) is 34.1 Å². The van der Waals surface area contributed by atoms with E-state index < -0.39 is 0 Å². The van der Waals surface area contributed by atoms with Crippen LogP contribution < -0.4 is 5.32 Å². The minimum atomic E-state index is -0.315. The third-order valence-electron chi connectivity index (χ3n) is 2.61. The molecule has 19 heavy (non-hydrogen) atoms. The molecular formula is C14H11BrINO2. The van der Waals surface area contributed by atoms with Crippen LogP contribution in [-0.2, 0) is 5.33 Å². The Labute approximate surface area is 133 Å². The molecule has 5 heteroatoms. The predicted octanol–water partition coefficient (Wildman–Crippen LogP) is 4.14. The normalized spacial score (nSPS) is 10.2. The molecule has 0 spiro atoms. The van der Waals surface area contributed by atoms with Gasteiger partial charge >= 0.3 is 0 Å². The fourth-order valence-corrected chi connectivity index (χ4v) is 2.62. The van der Waals surface area contributed by atoms with Crippen molar-refractivity contribution >= 4 is 50.1 Å². The second-order valence-corrected chi connectivity index (χ2v) is 5.71. The summed E-state index contributed by atoms with van der Waals surface area (Å²) in [4.78, 5) is 12.2. The smallest absolute Gasteiger partial charge is 0.259 e. The molecular weight excluding hydrogens is 421 g/mol. The van der Waals surface area contributed by atoms with Gasteiger partial charge in [0.25, 0.3) is 5.91 Å². The highest BCUT2D eigenvalue weighted by Crippen LogP contribution is 2.23. The van der Waals surface area contributed by atoms with Crippen molar-refractivity contribution in [2.24, 2.45) is 0 Å². The monoisotopic (exact) mass is 431 g/mol. The Hall–Kier alpha value is -1.08. The van der Waals surface area contributed by atoms with E-state index in [0.717, 1.165) is 14.8 Å². The lowest BCUT2D eigenvalue weighted by molar-refractivity contribution is 0.102. The minimum absolute atomic E-state index is 0.0192. The second-order valence-electron chi connectivity index (χ2n) is 3.91. The van der Waals surface area contributed by atoms with Crippen LogP contribution in [-0.4, -0.2) is 11.0 Å². The van der Waals surface area contributed by atoms with Gasteiger partial charge in [0.05, 0.1) is 5.56 Å². The number of amides is 1. The summed E-state index contributed by atoms with van der Waals surface area (Å²) in [6.45, 7) is 0. The first-order valence-corrected chi connectivity index (χ1v) is 7.75. The van der Waals surface area contributed by atoms with E-state index in [1.165, 1.54) is 6.07 Å². The topological polar surface area (TPSA) is 49.3 Å². The van der Waals surface area contributed by atoms with Crippen molar-refractivity contribution in [1.29, 1.82) is 0 Å². The van der Waals surface area contributed by atoms with Gasteiger partial charge in [-0.05, 0) is 52.4 Å². The number of benzene rings is 2. The van der Waals surface area contributed by atoms with Crippen LogP contribution in [0, 0.1) is 3.57 Å². The standard InChI is InChI=1S/C14H11BrINO2/c15-8-9-3-1-2-4-12(9)17-14(19)11-7-10(16)5-6-13(11)18/h1-7,18H,8H2,(H,17,19). The van der Waals surface area contributed by atoms with Crippen molar-refractivity contribution in [2.45, 2.75) is 5.33 Å². The molecule has 0 saturated carbocycles. The molecule has 2 N–H and O–H groups in total. The Balaban J connectivity index is 2.28. The first-order valence-electron chi connectivity index (χ1n) is 5.55. The molecule has 1 amide bonds. The van der Waals surface area contributed by atoms with Crippen LogP contribution in [0.3, 0.4) is 0 Å². The van der Waals surface area contributed by atoms with Crippen LogP contribution in [0.2, 0.25) is 0 Å². The largest absolute Gasteiger partial charge is 0.507 e. The summed E-state index contributed by atoms with van der Waals surface area (Å²) in [6.07, 6.45) is 0. The number of aromatic hydroxyl groups is 1. The molecule has 0 heterocycles. The zero-order valence-electron chi connectivity index (χ0n) is 9.86. The van der Waals surface area contributed by atoms with Gasteiger partial charge in [0.15, 0.2) is 0 Å². The molecule has 0 fully saturated rings. The molecule has 0 aromatic heterocycles. The van der Waals surface area contributed by atoms with E-state index in [1.807, 2.05) is 24.3 Å². The molecule has 0 aliphatic heterocycles. The number of halogens is 2. The lowest BCUT2D eigenvalue weighted by Gasteiger charge is -2.10. The number of hydrogen-bond donors (Lipinski definition) is 2. The van der Waals surface area contributed by atoms with E-state index in [-0.39, 0.29) is 17.2 Å². The number of phenols is 1. The summed E-state index contributed by atoms with van der Waals surface area (Å²) in [5, 5.41) is 13.2. The highest BCUT2D eigenvalue weighted by molar-refractivity contribution is 14.1. The van der Waals surface area contributed by atoms with Crippen LogP contribution in [0.1, 0.15) is 15.9 Å². The molecule has 0 aliphatic rings. The van der Waals surface area contributed by atoms with Crippen molar-refractivity contribution in [2.75, 3.05) is 5.32 Å². The Bertz CT molecular complexity index is 616. The van der Waals surface area contributed by atoms with Crippen molar-refractivity contribution in [3.63, 3.8) is 0 Å². The summed E-state index contributed by atoms with van der Waals surface area (Å²) in [6, 6.07) is 12.5. The quantitative estimate of drug-likeness (QED) is 0.566. The Morgan fingerprint density at radius 3 is 2.74 bits per heavy atom. The molecule has 2 aromatic carbocycles. The van der Waals surface area contributed by atoms with Crippen LogP contribution in [0.25, 0.3) is 0 Å². The summed E-state index contributed by atoms with van der Waals surface area (Å²) in [5.74, 6) is -0.335. The number of carbonyl (C=O) groups excluding carboxylic acids is 1.